The van der Waals surface area contributed by atoms with Gasteiger partial charge in [-0.05, 0) is 25.9 Å². The molecular formula is C10H23N3O. The highest BCUT2D eigenvalue weighted by Gasteiger charge is 2.09. The molecule has 4 nitrogen and oxygen atoms in total. The van der Waals surface area contributed by atoms with Crippen molar-refractivity contribution in [2.45, 2.75) is 19.8 Å². The van der Waals surface area contributed by atoms with E-state index in [0.717, 1.165) is 19.5 Å². The van der Waals surface area contributed by atoms with Gasteiger partial charge < -0.3 is 16.0 Å². The molecule has 3 N–H and O–H groups in total. The topological polar surface area (TPSA) is 58.4 Å². The molecule has 1 atom stereocenters. The molecule has 0 radical (unpaired) electrons. The van der Waals surface area contributed by atoms with Gasteiger partial charge in [-0.15, -0.1) is 0 Å². The minimum atomic E-state index is 0.209. The zero-order valence-electron chi connectivity index (χ0n) is 9.55. The summed E-state index contributed by atoms with van der Waals surface area (Å²) >= 11 is 0. The minimum absolute atomic E-state index is 0.209. The molecule has 0 aromatic carbocycles. The second kappa shape index (κ2) is 7.76. The van der Waals surface area contributed by atoms with Gasteiger partial charge in [-0.1, -0.05) is 6.92 Å². The molecule has 0 saturated heterocycles. The van der Waals surface area contributed by atoms with Crippen LogP contribution in [0.25, 0.3) is 0 Å². The highest BCUT2D eigenvalue weighted by atomic mass is 16.2. The summed E-state index contributed by atoms with van der Waals surface area (Å²) in [7, 11) is 3.72. The number of nitrogens with one attached hydrogen (secondary N) is 1. The molecule has 0 fully saturated rings. The van der Waals surface area contributed by atoms with Gasteiger partial charge in [0.25, 0.3) is 0 Å². The molecule has 0 aliphatic rings. The quantitative estimate of drug-likeness (QED) is 0.611. The Kier molecular flexibility index (Phi) is 7.42. The van der Waals surface area contributed by atoms with E-state index < -0.39 is 0 Å². The molecule has 0 heterocycles. The number of nitrogens with zero attached hydrogens (tertiary/aromatic N) is 1. The third kappa shape index (κ3) is 5.94. The first kappa shape index (κ1) is 13.4. The fourth-order valence-corrected chi connectivity index (χ4v) is 1.08. The molecule has 1 amide bonds. The zero-order chi connectivity index (χ0) is 11.0. The lowest BCUT2D eigenvalue weighted by atomic mass is 10.1. The van der Waals surface area contributed by atoms with Gasteiger partial charge in [-0.25, -0.2) is 0 Å². The van der Waals surface area contributed by atoms with Crippen LogP contribution < -0.4 is 11.1 Å². The Hall–Kier alpha value is -0.610. The van der Waals surface area contributed by atoms with Gasteiger partial charge in [0.05, 0.1) is 0 Å². The molecule has 0 saturated carbocycles. The lowest BCUT2D eigenvalue weighted by molar-refractivity contribution is -0.130. The summed E-state index contributed by atoms with van der Waals surface area (Å²) in [5, 5.41) is 3.02. The molecule has 4 heteroatoms. The standard InChI is InChI=1S/C10H23N3O/c1-9(8-11)4-5-10(14)13(3)7-6-12-2/h9,12H,4-8,11H2,1-3H3. The number of carbonyl (C=O) groups excluding carboxylic acids is 1. The SMILES string of the molecule is CNCCN(C)C(=O)CCC(C)CN. The Morgan fingerprint density at radius 1 is 1.57 bits per heavy atom. The van der Waals surface area contributed by atoms with Crippen molar-refractivity contribution >= 4 is 5.91 Å². The smallest absolute Gasteiger partial charge is 0.222 e. The maximum atomic E-state index is 11.5. The molecule has 84 valence electrons. The van der Waals surface area contributed by atoms with E-state index in [4.69, 9.17) is 5.73 Å². The van der Waals surface area contributed by atoms with Crippen LogP contribution in [0.15, 0.2) is 0 Å². The van der Waals surface area contributed by atoms with Gasteiger partial charge in [0.1, 0.15) is 0 Å². The number of carbonyl (C=O) groups is 1. The molecule has 0 rings (SSSR count). The summed E-state index contributed by atoms with van der Waals surface area (Å²) in [5.74, 6) is 0.650. The van der Waals surface area contributed by atoms with Gasteiger partial charge in [-0.2, -0.15) is 0 Å². The van der Waals surface area contributed by atoms with Gasteiger partial charge in [0, 0.05) is 26.6 Å². The molecule has 14 heavy (non-hydrogen) atoms. The Balaban J connectivity index is 3.61. The summed E-state index contributed by atoms with van der Waals surface area (Å²) < 4.78 is 0. The highest BCUT2D eigenvalue weighted by molar-refractivity contribution is 5.75. The fourth-order valence-electron chi connectivity index (χ4n) is 1.08. The maximum absolute atomic E-state index is 11.5. The van der Waals surface area contributed by atoms with Gasteiger partial charge in [-0.3, -0.25) is 4.79 Å². The van der Waals surface area contributed by atoms with E-state index in [-0.39, 0.29) is 5.91 Å². The Labute approximate surface area is 86.8 Å². The molecule has 0 aliphatic heterocycles. The lowest BCUT2D eigenvalue weighted by Crippen LogP contribution is -2.33. The first-order valence-corrected chi connectivity index (χ1v) is 5.20. The zero-order valence-corrected chi connectivity index (χ0v) is 9.55. The van der Waals surface area contributed by atoms with E-state index in [1.165, 1.54) is 0 Å². The van der Waals surface area contributed by atoms with Crippen LogP contribution in [-0.2, 0) is 4.79 Å². The van der Waals surface area contributed by atoms with Crippen LogP contribution in [0.4, 0.5) is 0 Å². The number of hydrogen-bond acceptors (Lipinski definition) is 3. The molecule has 0 bridgehead atoms. The van der Waals surface area contributed by atoms with Crippen molar-refractivity contribution in [1.29, 1.82) is 0 Å². The third-order valence-electron chi connectivity index (χ3n) is 2.38. The van der Waals surface area contributed by atoms with E-state index in [1.54, 1.807) is 4.90 Å². The van der Waals surface area contributed by atoms with Crippen molar-refractivity contribution in [2.75, 3.05) is 33.7 Å². The predicted octanol–water partition coefficient (Wildman–Crippen LogP) is 0.0392. The van der Waals surface area contributed by atoms with Crippen LogP contribution in [0, 0.1) is 5.92 Å². The van der Waals surface area contributed by atoms with E-state index >= 15 is 0 Å². The van der Waals surface area contributed by atoms with Crippen LogP contribution in [0.3, 0.4) is 0 Å². The van der Waals surface area contributed by atoms with Crippen molar-refractivity contribution < 1.29 is 4.79 Å². The van der Waals surface area contributed by atoms with Crippen molar-refractivity contribution in [1.82, 2.24) is 10.2 Å². The summed E-state index contributed by atoms with van der Waals surface area (Å²) in [5.41, 5.74) is 5.48. The van der Waals surface area contributed by atoms with E-state index in [0.29, 0.717) is 18.9 Å². The van der Waals surface area contributed by atoms with Crippen LogP contribution in [0.5, 0.6) is 0 Å². The van der Waals surface area contributed by atoms with Crippen LogP contribution in [-0.4, -0.2) is 44.5 Å². The Morgan fingerprint density at radius 3 is 2.71 bits per heavy atom. The second-order valence-electron chi connectivity index (χ2n) is 3.80. The first-order chi connectivity index (χ1) is 6.61. The number of nitrogens with two attached hydrogens (primary N) is 1. The lowest BCUT2D eigenvalue weighted by Gasteiger charge is -2.17. The maximum Gasteiger partial charge on any atom is 0.222 e. The normalized spacial score (nSPS) is 12.6. The first-order valence-electron chi connectivity index (χ1n) is 5.20. The molecule has 0 spiro atoms. The van der Waals surface area contributed by atoms with Crippen LogP contribution >= 0.6 is 0 Å². The summed E-state index contributed by atoms with van der Waals surface area (Å²) in [6.07, 6.45) is 1.50. The second-order valence-corrected chi connectivity index (χ2v) is 3.80. The molecule has 0 aliphatic carbocycles. The van der Waals surface area contributed by atoms with Gasteiger partial charge in [0.2, 0.25) is 5.91 Å². The third-order valence-corrected chi connectivity index (χ3v) is 2.38. The van der Waals surface area contributed by atoms with E-state index in [1.807, 2.05) is 14.1 Å². The summed E-state index contributed by atoms with van der Waals surface area (Å²) in [6.45, 7) is 4.34. The monoisotopic (exact) mass is 201 g/mol. The Morgan fingerprint density at radius 2 is 2.21 bits per heavy atom. The molecular weight excluding hydrogens is 178 g/mol. The van der Waals surface area contributed by atoms with Crippen LogP contribution in [0.2, 0.25) is 0 Å². The van der Waals surface area contributed by atoms with Crippen molar-refractivity contribution in [2.24, 2.45) is 11.7 Å². The van der Waals surface area contributed by atoms with Crippen molar-refractivity contribution in [3.05, 3.63) is 0 Å². The Bertz CT molecular complexity index is 161. The number of hydrogen-bond donors (Lipinski definition) is 2. The van der Waals surface area contributed by atoms with Gasteiger partial charge >= 0.3 is 0 Å². The molecule has 1 unspecified atom stereocenters. The minimum Gasteiger partial charge on any atom is -0.344 e. The number of amides is 1. The van der Waals surface area contributed by atoms with E-state index in [9.17, 15) is 4.79 Å². The van der Waals surface area contributed by atoms with Crippen LogP contribution in [0.1, 0.15) is 19.8 Å². The average Bonchev–Trinajstić information content (AvgIpc) is 2.21. The summed E-state index contributed by atoms with van der Waals surface area (Å²) in [4.78, 5) is 13.3. The molecule has 0 aromatic rings. The number of rotatable bonds is 7. The highest BCUT2D eigenvalue weighted by Crippen LogP contribution is 2.04. The number of likely N-dealkylation sites (N-methyl/N-ethyl adjacent to an activating group) is 2. The largest absolute Gasteiger partial charge is 0.344 e. The fraction of sp³-hybridized carbons (Fsp3) is 0.900. The molecule has 0 aromatic heterocycles. The average molecular weight is 201 g/mol. The van der Waals surface area contributed by atoms with Crippen molar-refractivity contribution in [3.8, 4) is 0 Å². The van der Waals surface area contributed by atoms with Crippen molar-refractivity contribution in [3.63, 3.8) is 0 Å². The summed E-state index contributed by atoms with van der Waals surface area (Å²) in [6, 6.07) is 0. The van der Waals surface area contributed by atoms with E-state index in [2.05, 4.69) is 12.2 Å². The van der Waals surface area contributed by atoms with Gasteiger partial charge in [0.15, 0.2) is 0 Å². The predicted molar refractivity (Wildman–Crippen MR) is 59.0 cm³/mol.